The minimum absolute atomic E-state index is 0.00138. The Balaban J connectivity index is 2.06. The summed E-state index contributed by atoms with van der Waals surface area (Å²) in [5.41, 5.74) is -0.0142. The van der Waals surface area contributed by atoms with Crippen molar-refractivity contribution in [3.8, 4) is 5.75 Å². The fourth-order valence-corrected chi connectivity index (χ4v) is 3.24. The third-order valence-electron chi connectivity index (χ3n) is 3.30. The number of ether oxygens (including phenoxy) is 1. The molecule has 8 heteroatoms. The van der Waals surface area contributed by atoms with Crippen LogP contribution in [0.2, 0.25) is 0 Å². The number of sulfonamides is 1. The summed E-state index contributed by atoms with van der Waals surface area (Å²) in [4.78, 5) is 12.1. The van der Waals surface area contributed by atoms with Crippen LogP contribution < -0.4 is 14.8 Å². The summed E-state index contributed by atoms with van der Waals surface area (Å²) in [7, 11) is -3.90. The number of halogens is 1. The minimum Gasteiger partial charge on any atom is -0.494 e. The number of hydrogen-bond donors (Lipinski definition) is 2. The van der Waals surface area contributed by atoms with Gasteiger partial charge in [0.1, 0.15) is 11.6 Å². The van der Waals surface area contributed by atoms with E-state index in [9.17, 15) is 17.6 Å². The molecule has 2 rings (SSSR count). The first kappa shape index (κ1) is 18.9. The lowest BCUT2D eigenvalue weighted by Crippen LogP contribution is -2.41. The SMILES string of the molecule is CCOc1ccc(S(=O)(=O)NC(C)C(=O)Nc2ccccc2F)cc1. The van der Waals surface area contributed by atoms with Gasteiger partial charge in [0.15, 0.2) is 0 Å². The molecule has 2 aromatic carbocycles. The molecule has 1 unspecified atom stereocenters. The second-order valence-corrected chi connectivity index (χ2v) is 6.93. The molecule has 0 aliphatic heterocycles. The zero-order chi connectivity index (χ0) is 18.4. The summed E-state index contributed by atoms with van der Waals surface area (Å²) in [5.74, 6) is -0.719. The average molecular weight is 366 g/mol. The second kappa shape index (κ2) is 8.09. The summed E-state index contributed by atoms with van der Waals surface area (Å²) in [6.45, 7) is 3.67. The molecule has 0 aliphatic carbocycles. The number of carbonyl (C=O) groups excluding carboxylic acids is 1. The quantitative estimate of drug-likeness (QED) is 0.789. The molecule has 0 radical (unpaired) electrons. The molecule has 1 amide bonds. The van der Waals surface area contributed by atoms with Gasteiger partial charge < -0.3 is 10.1 Å². The second-order valence-electron chi connectivity index (χ2n) is 5.22. The van der Waals surface area contributed by atoms with Gasteiger partial charge in [-0.1, -0.05) is 12.1 Å². The van der Waals surface area contributed by atoms with Crippen LogP contribution in [0.5, 0.6) is 5.75 Å². The van der Waals surface area contributed by atoms with Gasteiger partial charge in [0.2, 0.25) is 15.9 Å². The standard InChI is InChI=1S/C17H19FN2O4S/c1-3-24-13-8-10-14(11-9-13)25(22,23)20-12(2)17(21)19-16-7-5-4-6-15(16)18/h4-12,20H,3H2,1-2H3,(H,19,21). The van der Waals surface area contributed by atoms with Crippen molar-refractivity contribution in [2.24, 2.45) is 0 Å². The molecule has 2 aromatic rings. The van der Waals surface area contributed by atoms with Crippen LogP contribution in [-0.2, 0) is 14.8 Å². The van der Waals surface area contributed by atoms with E-state index in [-0.39, 0.29) is 10.6 Å². The number of anilines is 1. The largest absolute Gasteiger partial charge is 0.494 e. The van der Waals surface area contributed by atoms with Crippen molar-refractivity contribution in [2.45, 2.75) is 24.8 Å². The summed E-state index contributed by atoms with van der Waals surface area (Å²) >= 11 is 0. The van der Waals surface area contributed by atoms with Crippen LogP contribution in [-0.4, -0.2) is 27.0 Å². The van der Waals surface area contributed by atoms with Gasteiger partial charge in [-0.2, -0.15) is 4.72 Å². The molecular weight excluding hydrogens is 347 g/mol. The Hall–Kier alpha value is -2.45. The number of para-hydroxylation sites is 1. The number of amides is 1. The van der Waals surface area contributed by atoms with Crippen LogP contribution in [0.15, 0.2) is 53.4 Å². The van der Waals surface area contributed by atoms with Gasteiger partial charge in [-0.25, -0.2) is 12.8 Å². The molecule has 0 aliphatic rings. The highest BCUT2D eigenvalue weighted by atomic mass is 32.2. The molecular formula is C17H19FN2O4S. The molecule has 6 nitrogen and oxygen atoms in total. The summed E-state index contributed by atoms with van der Waals surface area (Å²) in [6.07, 6.45) is 0. The van der Waals surface area contributed by atoms with Crippen molar-refractivity contribution in [1.82, 2.24) is 4.72 Å². The Morgan fingerprint density at radius 2 is 1.80 bits per heavy atom. The highest BCUT2D eigenvalue weighted by molar-refractivity contribution is 7.89. The van der Waals surface area contributed by atoms with Gasteiger partial charge in [0.05, 0.1) is 23.2 Å². The minimum atomic E-state index is -3.90. The number of hydrogen-bond acceptors (Lipinski definition) is 4. The van der Waals surface area contributed by atoms with E-state index in [1.54, 1.807) is 6.07 Å². The average Bonchev–Trinajstić information content (AvgIpc) is 2.57. The van der Waals surface area contributed by atoms with Gasteiger partial charge in [0.25, 0.3) is 0 Å². The van der Waals surface area contributed by atoms with Crippen molar-refractivity contribution in [1.29, 1.82) is 0 Å². The first-order valence-corrected chi connectivity index (χ1v) is 9.12. The maximum absolute atomic E-state index is 13.6. The zero-order valence-electron chi connectivity index (χ0n) is 13.8. The van der Waals surface area contributed by atoms with Gasteiger partial charge in [-0.05, 0) is 50.2 Å². The maximum atomic E-state index is 13.6. The van der Waals surface area contributed by atoms with Crippen molar-refractivity contribution < 1.29 is 22.3 Å². The maximum Gasteiger partial charge on any atom is 0.242 e. The summed E-state index contributed by atoms with van der Waals surface area (Å²) in [5, 5.41) is 2.35. The Bertz CT molecular complexity index is 838. The van der Waals surface area contributed by atoms with Crippen LogP contribution in [0.3, 0.4) is 0 Å². The van der Waals surface area contributed by atoms with Gasteiger partial charge in [-0.3, -0.25) is 4.79 Å². The van der Waals surface area contributed by atoms with Gasteiger partial charge >= 0.3 is 0 Å². The first-order chi connectivity index (χ1) is 11.8. The smallest absolute Gasteiger partial charge is 0.242 e. The van der Waals surface area contributed by atoms with Crippen molar-refractivity contribution in [3.63, 3.8) is 0 Å². The fourth-order valence-electron chi connectivity index (χ4n) is 2.04. The van der Waals surface area contributed by atoms with E-state index in [1.807, 2.05) is 6.92 Å². The zero-order valence-corrected chi connectivity index (χ0v) is 14.6. The first-order valence-electron chi connectivity index (χ1n) is 7.64. The monoisotopic (exact) mass is 366 g/mol. The molecule has 0 saturated heterocycles. The third kappa shape index (κ3) is 5.01. The number of carbonyl (C=O) groups is 1. The molecule has 0 heterocycles. The van der Waals surface area contributed by atoms with E-state index in [4.69, 9.17) is 4.74 Å². The molecule has 134 valence electrons. The van der Waals surface area contributed by atoms with Crippen LogP contribution in [0.25, 0.3) is 0 Å². The molecule has 2 N–H and O–H groups in total. The number of nitrogens with one attached hydrogen (secondary N) is 2. The molecule has 0 aromatic heterocycles. The fraction of sp³-hybridized carbons (Fsp3) is 0.235. The van der Waals surface area contributed by atoms with E-state index in [0.29, 0.717) is 12.4 Å². The van der Waals surface area contributed by atoms with Crippen LogP contribution in [0.4, 0.5) is 10.1 Å². The number of rotatable bonds is 7. The van der Waals surface area contributed by atoms with E-state index in [2.05, 4.69) is 10.0 Å². The highest BCUT2D eigenvalue weighted by Gasteiger charge is 2.22. The number of benzene rings is 2. The normalized spacial score (nSPS) is 12.4. The molecule has 0 fully saturated rings. The lowest BCUT2D eigenvalue weighted by molar-refractivity contribution is -0.117. The third-order valence-corrected chi connectivity index (χ3v) is 4.86. The van der Waals surface area contributed by atoms with Crippen LogP contribution >= 0.6 is 0 Å². The topological polar surface area (TPSA) is 84.5 Å². The molecule has 0 spiro atoms. The van der Waals surface area contributed by atoms with E-state index in [0.717, 1.165) is 0 Å². The van der Waals surface area contributed by atoms with E-state index >= 15 is 0 Å². The molecule has 0 saturated carbocycles. The molecule has 0 bridgehead atoms. The highest BCUT2D eigenvalue weighted by Crippen LogP contribution is 2.17. The Kier molecular flexibility index (Phi) is 6.11. The van der Waals surface area contributed by atoms with E-state index < -0.39 is 27.8 Å². The van der Waals surface area contributed by atoms with Crippen molar-refractivity contribution in [3.05, 3.63) is 54.3 Å². The predicted octanol–water partition coefficient (Wildman–Crippen LogP) is 2.53. The van der Waals surface area contributed by atoms with E-state index in [1.165, 1.54) is 49.4 Å². The lowest BCUT2D eigenvalue weighted by Gasteiger charge is -2.15. The van der Waals surface area contributed by atoms with Crippen molar-refractivity contribution in [2.75, 3.05) is 11.9 Å². The van der Waals surface area contributed by atoms with Crippen molar-refractivity contribution >= 4 is 21.6 Å². The predicted molar refractivity (Wildman–Crippen MR) is 92.4 cm³/mol. The van der Waals surface area contributed by atoms with Crippen LogP contribution in [0.1, 0.15) is 13.8 Å². The summed E-state index contributed by atoms with van der Waals surface area (Å²) < 4.78 is 45.7. The van der Waals surface area contributed by atoms with Crippen LogP contribution in [0, 0.1) is 5.82 Å². The molecule has 25 heavy (non-hydrogen) atoms. The summed E-state index contributed by atoms with van der Waals surface area (Å²) in [6, 6.07) is 10.4. The lowest BCUT2D eigenvalue weighted by atomic mass is 10.2. The Morgan fingerprint density at radius 1 is 1.16 bits per heavy atom. The van der Waals surface area contributed by atoms with Gasteiger partial charge in [-0.15, -0.1) is 0 Å². The Morgan fingerprint density at radius 3 is 2.40 bits per heavy atom. The molecule has 1 atom stereocenters. The van der Waals surface area contributed by atoms with Gasteiger partial charge in [0, 0.05) is 0 Å². The Labute approximate surface area is 146 Å².